The summed E-state index contributed by atoms with van der Waals surface area (Å²) in [5.41, 5.74) is 5.58. The third kappa shape index (κ3) is 4.31. The molecule has 0 bridgehead atoms. The summed E-state index contributed by atoms with van der Waals surface area (Å²) in [6.07, 6.45) is 2.33. The zero-order valence-electron chi connectivity index (χ0n) is 8.55. The van der Waals surface area contributed by atoms with Crippen molar-refractivity contribution in [1.82, 2.24) is 4.98 Å². The number of esters is 1. The maximum absolute atomic E-state index is 11.0. The lowest BCUT2D eigenvalue weighted by Gasteiger charge is -2.07. The fourth-order valence-electron chi connectivity index (χ4n) is 0.992. The molecule has 0 unspecified atom stereocenters. The van der Waals surface area contributed by atoms with Crippen molar-refractivity contribution in [3.8, 4) is 0 Å². The van der Waals surface area contributed by atoms with E-state index in [1.165, 1.54) is 7.11 Å². The molecule has 0 radical (unpaired) electrons. The Morgan fingerprint density at radius 2 is 2.47 bits per heavy atom. The molecule has 0 aliphatic heterocycles. The molecule has 0 spiro atoms. The van der Waals surface area contributed by atoms with E-state index in [-0.39, 0.29) is 5.97 Å². The molecule has 0 fully saturated rings. The van der Waals surface area contributed by atoms with E-state index in [1.54, 1.807) is 18.0 Å². The highest BCUT2D eigenvalue weighted by Crippen LogP contribution is 2.15. The van der Waals surface area contributed by atoms with E-state index in [0.29, 0.717) is 6.42 Å². The smallest absolute Gasteiger partial charge is 0.322 e. The molecule has 1 aromatic heterocycles. The van der Waals surface area contributed by atoms with Crippen molar-refractivity contribution in [3.63, 3.8) is 0 Å². The maximum Gasteiger partial charge on any atom is 0.322 e. The molecule has 0 aliphatic rings. The van der Waals surface area contributed by atoms with Gasteiger partial charge in [-0.05, 0) is 18.6 Å². The molecule has 0 saturated carbocycles. The zero-order valence-corrected chi connectivity index (χ0v) is 9.37. The van der Waals surface area contributed by atoms with Crippen LogP contribution in [0.5, 0.6) is 0 Å². The van der Waals surface area contributed by atoms with Crippen molar-refractivity contribution in [3.05, 3.63) is 24.4 Å². The van der Waals surface area contributed by atoms with Crippen LogP contribution in [0.4, 0.5) is 0 Å². The van der Waals surface area contributed by atoms with Crippen molar-refractivity contribution in [2.24, 2.45) is 5.73 Å². The van der Waals surface area contributed by atoms with Gasteiger partial charge in [0.1, 0.15) is 6.04 Å². The molecule has 1 atom stereocenters. The van der Waals surface area contributed by atoms with Crippen LogP contribution in [0, 0.1) is 0 Å². The van der Waals surface area contributed by atoms with Gasteiger partial charge in [-0.25, -0.2) is 4.98 Å². The lowest BCUT2D eigenvalue weighted by atomic mass is 10.2. The fraction of sp³-hybridized carbons (Fsp3) is 0.400. The number of thioether (sulfide) groups is 1. The number of methoxy groups -OCH3 is 1. The van der Waals surface area contributed by atoms with Crippen LogP contribution in [0.25, 0.3) is 0 Å². The standard InChI is InChI=1S/C10H14N2O2S/c1-14-10(13)8(11)5-7-15-9-4-2-3-6-12-9/h2-4,6,8H,5,7,11H2,1H3/t8-/m0/s1. The molecule has 1 heterocycles. The first-order valence-corrected chi connectivity index (χ1v) is 5.60. The molecular formula is C10H14N2O2S. The molecule has 1 aromatic rings. The van der Waals surface area contributed by atoms with Gasteiger partial charge >= 0.3 is 5.97 Å². The lowest BCUT2D eigenvalue weighted by Crippen LogP contribution is -2.31. The first-order valence-electron chi connectivity index (χ1n) is 4.61. The molecule has 15 heavy (non-hydrogen) atoms. The Labute approximate surface area is 93.2 Å². The van der Waals surface area contributed by atoms with Gasteiger partial charge in [0.25, 0.3) is 0 Å². The van der Waals surface area contributed by atoms with Crippen LogP contribution in [-0.4, -0.2) is 29.9 Å². The molecule has 4 nitrogen and oxygen atoms in total. The van der Waals surface area contributed by atoms with Crippen molar-refractivity contribution in [2.75, 3.05) is 12.9 Å². The Bertz CT molecular complexity index is 306. The third-order valence-corrected chi connectivity index (χ3v) is 2.80. The van der Waals surface area contributed by atoms with Crippen molar-refractivity contribution in [1.29, 1.82) is 0 Å². The summed E-state index contributed by atoms with van der Waals surface area (Å²) in [5.74, 6) is 0.393. The Hall–Kier alpha value is -1.07. The summed E-state index contributed by atoms with van der Waals surface area (Å²) < 4.78 is 4.53. The average molecular weight is 226 g/mol. The van der Waals surface area contributed by atoms with Crippen LogP contribution in [0.2, 0.25) is 0 Å². The molecule has 0 aliphatic carbocycles. The van der Waals surface area contributed by atoms with E-state index >= 15 is 0 Å². The van der Waals surface area contributed by atoms with E-state index in [4.69, 9.17) is 5.73 Å². The number of pyridine rings is 1. The third-order valence-electron chi connectivity index (χ3n) is 1.82. The van der Waals surface area contributed by atoms with E-state index in [1.807, 2.05) is 18.2 Å². The second-order valence-electron chi connectivity index (χ2n) is 2.93. The number of aromatic nitrogens is 1. The highest BCUT2D eigenvalue weighted by atomic mass is 32.2. The number of hydrogen-bond acceptors (Lipinski definition) is 5. The lowest BCUT2D eigenvalue weighted by molar-refractivity contribution is -0.142. The van der Waals surface area contributed by atoms with E-state index in [9.17, 15) is 4.79 Å². The molecule has 0 saturated heterocycles. The van der Waals surface area contributed by atoms with E-state index < -0.39 is 6.04 Å². The topological polar surface area (TPSA) is 65.2 Å². The fourth-order valence-corrected chi connectivity index (χ4v) is 1.88. The second kappa shape index (κ2) is 6.42. The van der Waals surface area contributed by atoms with Gasteiger partial charge in [-0.3, -0.25) is 4.79 Å². The summed E-state index contributed by atoms with van der Waals surface area (Å²) in [6.45, 7) is 0. The van der Waals surface area contributed by atoms with Gasteiger partial charge in [0, 0.05) is 11.9 Å². The normalized spacial score (nSPS) is 12.1. The number of nitrogens with two attached hydrogens (primary N) is 1. The summed E-state index contributed by atoms with van der Waals surface area (Å²) >= 11 is 1.58. The summed E-state index contributed by atoms with van der Waals surface area (Å²) in [7, 11) is 1.34. The molecule has 0 aromatic carbocycles. The van der Waals surface area contributed by atoms with Crippen LogP contribution in [0.1, 0.15) is 6.42 Å². The van der Waals surface area contributed by atoms with Gasteiger partial charge in [-0.1, -0.05) is 6.07 Å². The Morgan fingerprint density at radius 1 is 1.67 bits per heavy atom. The van der Waals surface area contributed by atoms with Crippen molar-refractivity contribution >= 4 is 17.7 Å². The van der Waals surface area contributed by atoms with E-state index in [2.05, 4.69) is 9.72 Å². The molecule has 82 valence electrons. The van der Waals surface area contributed by atoms with Gasteiger partial charge in [0.05, 0.1) is 12.1 Å². The Kier molecular flexibility index (Phi) is 5.14. The maximum atomic E-state index is 11.0. The highest BCUT2D eigenvalue weighted by molar-refractivity contribution is 7.99. The molecule has 2 N–H and O–H groups in total. The van der Waals surface area contributed by atoms with E-state index in [0.717, 1.165) is 10.8 Å². The second-order valence-corrected chi connectivity index (χ2v) is 4.05. The minimum atomic E-state index is -0.536. The largest absolute Gasteiger partial charge is 0.468 e. The first kappa shape index (κ1) is 12.0. The van der Waals surface area contributed by atoms with Crippen LogP contribution in [-0.2, 0) is 9.53 Å². The number of hydrogen-bond donors (Lipinski definition) is 1. The number of carbonyl (C=O) groups excluding carboxylic acids is 1. The van der Waals surface area contributed by atoms with Crippen LogP contribution in [0.3, 0.4) is 0 Å². The number of carbonyl (C=O) groups is 1. The van der Waals surface area contributed by atoms with Gasteiger partial charge in [-0.15, -0.1) is 11.8 Å². The summed E-state index contributed by atoms with van der Waals surface area (Å²) in [6, 6.07) is 5.18. The predicted octanol–water partition coefficient (Wildman–Crippen LogP) is 1.06. The number of nitrogens with zero attached hydrogens (tertiary/aromatic N) is 1. The summed E-state index contributed by atoms with van der Waals surface area (Å²) in [4.78, 5) is 15.1. The van der Waals surface area contributed by atoms with Crippen LogP contribution >= 0.6 is 11.8 Å². The summed E-state index contributed by atoms with van der Waals surface area (Å²) in [5, 5.41) is 0.939. The molecule has 0 amide bonds. The highest BCUT2D eigenvalue weighted by Gasteiger charge is 2.12. The molecule has 5 heteroatoms. The van der Waals surface area contributed by atoms with Crippen molar-refractivity contribution < 1.29 is 9.53 Å². The average Bonchev–Trinajstić information content (AvgIpc) is 2.29. The monoisotopic (exact) mass is 226 g/mol. The number of rotatable bonds is 5. The molecular weight excluding hydrogens is 212 g/mol. The minimum Gasteiger partial charge on any atom is -0.468 e. The van der Waals surface area contributed by atoms with Gasteiger partial charge in [-0.2, -0.15) is 0 Å². The van der Waals surface area contributed by atoms with Crippen molar-refractivity contribution in [2.45, 2.75) is 17.5 Å². The Balaban J connectivity index is 2.25. The SMILES string of the molecule is COC(=O)[C@@H](N)CCSc1ccccn1. The van der Waals surface area contributed by atoms with Gasteiger partial charge < -0.3 is 10.5 Å². The first-order chi connectivity index (χ1) is 7.24. The van der Waals surface area contributed by atoms with Gasteiger partial charge in [0.15, 0.2) is 0 Å². The van der Waals surface area contributed by atoms with Crippen LogP contribution in [0.15, 0.2) is 29.4 Å². The quantitative estimate of drug-likeness (QED) is 0.601. The van der Waals surface area contributed by atoms with Gasteiger partial charge in [0.2, 0.25) is 0 Å². The predicted molar refractivity (Wildman–Crippen MR) is 59.6 cm³/mol. The Morgan fingerprint density at radius 3 is 3.07 bits per heavy atom. The molecule has 1 rings (SSSR count). The van der Waals surface area contributed by atoms with Crippen LogP contribution < -0.4 is 5.73 Å². The minimum absolute atomic E-state index is 0.364. The number of ether oxygens (including phenoxy) is 1. The zero-order chi connectivity index (χ0) is 11.1.